The van der Waals surface area contributed by atoms with Gasteiger partial charge in [-0.2, -0.15) is 0 Å². The van der Waals surface area contributed by atoms with E-state index >= 15 is 4.39 Å². The summed E-state index contributed by atoms with van der Waals surface area (Å²) in [4.78, 5) is 16.3. The average Bonchev–Trinajstić information content (AvgIpc) is 2.94. The lowest BCUT2D eigenvalue weighted by Crippen LogP contribution is -2.36. The van der Waals surface area contributed by atoms with Crippen molar-refractivity contribution in [2.24, 2.45) is 0 Å². The summed E-state index contributed by atoms with van der Waals surface area (Å²) >= 11 is 0. The minimum Gasteiger partial charge on any atom is -0.351 e. The predicted octanol–water partition coefficient (Wildman–Crippen LogP) is 5.62. The maximum atomic E-state index is 15.1. The summed E-state index contributed by atoms with van der Waals surface area (Å²) in [5, 5.41) is 3.50. The molecule has 0 amide bonds. The molecule has 2 aromatic heterocycles. The summed E-state index contributed by atoms with van der Waals surface area (Å²) < 4.78 is 42.6. The maximum Gasteiger partial charge on any atom is 0.237 e. The van der Waals surface area contributed by atoms with Crippen molar-refractivity contribution in [3.05, 3.63) is 77.7 Å². The van der Waals surface area contributed by atoms with Gasteiger partial charge in [-0.15, -0.1) is 0 Å². The van der Waals surface area contributed by atoms with Gasteiger partial charge in [-0.3, -0.25) is 4.72 Å². The standard InChI is InChI=1S/C30H35FN6O2S/c1-4-21-17-27(22-10-15-26(25(31)16-22)36-40(38,39)19-20-8-6-5-7-9-20)34-28-18-32-30(35-29(21)28)33-23-11-13-24(14-12-23)37(2)3/h5-10,15-18,23-24,36H,4,11-14,19H2,1-3H3,(H,32,33,35). The van der Waals surface area contributed by atoms with Gasteiger partial charge in [0.2, 0.25) is 16.0 Å². The van der Waals surface area contributed by atoms with Crippen molar-refractivity contribution in [2.45, 2.75) is 56.9 Å². The minimum absolute atomic E-state index is 0.102. The van der Waals surface area contributed by atoms with Gasteiger partial charge in [0.1, 0.15) is 11.3 Å². The smallest absolute Gasteiger partial charge is 0.237 e. The number of sulfonamides is 1. The van der Waals surface area contributed by atoms with Crippen LogP contribution in [0.5, 0.6) is 0 Å². The molecule has 2 heterocycles. The van der Waals surface area contributed by atoms with Crippen molar-refractivity contribution in [1.29, 1.82) is 0 Å². The van der Waals surface area contributed by atoms with Gasteiger partial charge in [0.05, 0.1) is 28.8 Å². The summed E-state index contributed by atoms with van der Waals surface area (Å²) in [6, 6.07) is 16.1. The second-order valence-electron chi connectivity index (χ2n) is 10.6. The number of fused-ring (bicyclic) bond motifs is 1. The van der Waals surface area contributed by atoms with Crippen LogP contribution in [-0.2, 0) is 22.2 Å². The summed E-state index contributed by atoms with van der Waals surface area (Å²) in [6.07, 6.45) is 6.87. The van der Waals surface area contributed by atoms with Crippen LogP contribution >= 0.6 is 0 Å². The molecule has 0 aliphatic heterocycles. The Morgan fingerprint density at radius 2 is 1.75 bits per heavy atom. The molecule has 1 saturated carbocycles. The van der Waals surface area contributed by atoms with E-state index in [1.807, 2.05) is 19.1 Å². The predicted molar refractivity (Wildman–Crippen MR) is 158 cm³/mol. The molecule has 0 atom stereocenters. The Morgan fingerprint density at radius 3 is 2.42 bits per heavy atom. The number of rotatable bonds is 9. The van der Waals surface area contributed by atoms with Crippen LogP contribution in [0.3, 0.4) is 0 Å². The molecule has 10 heteroatoms. The molecule has 0 bridgehead atoms. The minimum atomic E-state index is -3.78. The van der Waals surface area contributed by atoms with Crippen LogP contribution < -0.4 is 10.0 Å². The third kappa shape index (κ3) is 6.56. The van der Waals surface area contributed by atoms with Gasteiger partial charge >= 0.3 is 0 Å². The van der Waals surface area contributed by atoms with Gasteiger partial charge in [0.25, 0.3) is 0 Å². The topological polar surface area (TPSA) is 100 Å². The monoisotopic (exact) mass is 562 g/mol. The Hall–Kier alpha value is -3.63. The lowest BCUT2D eigenvalue weighted by Gasteiger charge is -2.32. The highest BCUT2D eigenvalue weighted by Gasteiger charge is 2.23. The lowest BCUT2D eigenvalue weighted by molar-refractivity contribution is 0.221. The summed E-state index contributed by atoms with van der Waals surface area (Å²) in [7, 11) is 0.490. The molecule has 0 unspecified atom stereocenters. The largest absolute Gasteiger partial charge is 0.351 e. The molecular formula is C30H35FN6O2S. The molecule has 4 aromatic rings. The van der Waals surface area contributed by atoms with E-state index in [1.54, 1.807) is 36.5 Å². The molecule has 1 fully saturated rings. The van der Waals surface area contributed by atoms with Crippen molar-refractivity contribution in [3.8, 4) is 11.3 Å². The van der Waals surface area contributed by atoms with Crippen molar-refractivity contribution < 1.29 is 12.8 Å². The third-order valence-electron chi connectivity index (χ3n) is 7.50. The molecule has 210 valence electrons. The zero-order chi connectivity index (χ0) is 28.3. The molecule has 2 N–H and O–H groups in total. The van der Waals surface area contributed by atoms with Gasteiger partial charge in [-0.05, 0) is 75.5 Å². The van der Waals surface area contributed by atoms with Crippen LogP contribution in [-0.4, -0.2) is 54.4 Å². The van der Waals surface area contributed by atoms with E-state index < -0.39 is 15.8 Å². The number of pyridine rings is 1. The number of hydrogen-bond donors (Lipinski definition) is 2. The van der Waals surface area contributed by atoms with E-state index in [0.717, 1.165) is 43.2 Å². The maximum absolute atomic E-state index is 15.1. The van der Waals surface area contributed by atoms with Crippen molar-refractivity contribution >= 4 is 32.7 Å². The van der Waals surface area contributed by atoms with Crippen LogP contribution in [0.15, 0.2) is 60.8 Å². The number of nitrogens with zero attached hydrogens (tertiary/aromatic N) is 4. The quantitative estimate of drug-likeness (QED) is 0.273. The van der Waals surface area contributed by atoms with E-state index in [-0.39, 0.29) is 11.4 Å². The Bertz CT molecular complexity index is 1590. The lowest BCUT2D eigenvalue weighted by atomic mass is 9.91. The van der Waals surface area contributed by atoms with Crippen LogP contribution in [0.1, 0.15) is 43.7 Å². The Morgan fingerprint density at radius 1 is 1.00 bits per heavy atom. The summed E-state index contributed by atoms with van der Waals surface area (Å²) in [5.41, 5.74) is 4.02. The second kappa shape index (κ2) is 11.9. The van der Waals surface area contributed by atoms with E-state index in [4.69, 9.17) is 9.97 Å². The first kappa shape index (κ1) is 27.9. The first-order chi connectivity index (χ1) is 19.2. The molecule has 5 rings (SSSR count). The molecule has 2 aromatic carbocycles. The van der Waals surface area contributed by atoms with Gasteiger partial charge < -0.3 is 10.2 Å². The highest BCUT2D eigenvalue weighted by atomic mass is 32.2. The van der Waals surface area contributed by atoms with Gasteiger partial charge in [-0.25, -0.2) is 27.8 Å². The number of nitrogens with one attached hydrogen (secondary N) is 2. The highest BCUT2D eigenvalue weighted by Crippen LogP contribution is 2.29. The number of aryl methyl sites for hydroxylation is 1. The molecule has 40 heavy (non-hydrogen) atoms. The fraction of sp³-hybridized carbons (Fsp3) is 0.367. The molecule has 0 spiro atoms. The second-order valence-corrected chi connectivity index (χ2v) is 12.3. The zero-order valence-electron chi connectivity index (χ0n) is 23.1. The van der Waals surface area contributed by atoms with E-state index in [1.165, 1.54) is 12.1 Å². The molecule has 0 radical (unpaired) electrons. The Kier molecular flexibility index (Phi) is 8.27. The van der Waals surface area contributed by atoms with Crippen molar-refractivity contribution in [1.82, 2.24) is 19.9 Å². The Balaban J connectivity index is 1.34. The van der Waals surface area contributed by atoms with E-state index in [2.05, 4.69) is 34.0 Å². The first-order valence-electron chi connectivity index (χ1n) is 13.6. The number of aromatic nitrogens is 3. The fourth-order valence-corrected chi connectivity index (χ4v) is 6.45. The normalized spacial score (nSPS) is 17.7. The van der Waals surface area contributed by atoms with Crippen LogP contribution in [0.25, 0.3) is 22.3 Å². The molecule has 0 saturated heterocycles. The molecule has 8 nitrogen and oxygen atoms in total. The van der Waals surface area contributed by atoms with Gasteiger partial charge in [0.15, 0.2) is 0 Å². The Labute approximate surface area is 235 Å². The summed E-state index contributed by atoms with van der Waals surface area (Å²) in [6.45, 7) is 2.04. The van der Waals surface area contributed by atoms with Gasteiger partial charge in [-0.1, -0.05) is 43.3 Å². The van der Waals surface area contributed by atoms with Crippen LogP contribution in [0.2, 0.25) is 0 Å². The first-order valence-corrected chi connectivity index (χ1v) is 15.3. The number of benzene rings is 2. The summed E-state index contributed by atoms with van der Waals surface area (Å²) in [5.74, 6) is -0.313. The van der Waals surface area contributed by atoms with Crippen molar-refractivity contribution in [2.75, 3.05) is 24.1 Å². The van der Waals surface area contributed by atoms with E-state index in [9.17, 15) is 8.42 Å². The van der Waals surface area contributed by atoms with Crippen LogP contribution in [0.4, 0.5) is 16.0 Å². The van der Waals surface area contributed by atoms with Crippen molar-refractivity contribution in [3.63, 3.8) is 0 Å². The average molecular weight is 563 g/mol. The third-order valence-corrected chi connectivity index (χ3v) is 8.74. The van der Waals surface area contributed by atoms with Crippen LogP contribution in [0, 0.1) is 5.82 Å². The molecule has 1 aliphatic rings. The molecule has 1 aliphatic carbocycles. The van der Waals surface area contributed by atoms with Gasteiger partial charge in [0, 0.05) is 17.6 Å². The number of anilines is 2. The molecular weight excluding hydrogens is 527 g/mol. The van der Waals surface area contributed by atoms with E-state index in [0.29, 0.717) is 40.4 Å². The SMILES string of the molecule is CCc1cc(-c2ccc(NS(=O)(=O)Cc3ccccc3)c(F)c2)nc2cnc(NC3CCC(N(C)C)CC3)nc12. The number of halogens is 1. The highest BCUT2D eigenvalue weighted by molar-refractivity contribution is 7.91. The number of hydrogen-bond acceptors (Lipinski definition) is 7. The zero-order valence-corrected chi connectivity index (χ0v) is 23.9. The fourth-order valence-electron chi connectivity index (χ4n) is 5.25.